The van der Waals surface area contributed by atoms with Crippen molar-refractivity contribution in [2.45, 2.75) is 25.9 Å². The summed E-state index contributed by atoms with van der Waals surface area (Å²) in [5, 5.41) is 10.2. The summed E-state index contributed by atoms with van der Waals surface area (Å²) in [7, 11) is 0. The van der Waals surface area contributed by atoms with Crippen LogP contribution in [0.15, 0.2) is 46.9 Å². The first-order chi connectivity index (χ1) is 9.08. The van der Waals surface area contributed by atoms with E-state index < -0.39 is 6.10 Å². The van der Waals surface area contributed by atoms with E-state index in [1.54, 1.807) is 6.07 Å². The molecule has 0 aliphatic heterocycles. The van der Waals surface area contributed by atoms with Crippen molar-refractivity contribution < 1.29 is 9.50 Å². The molecule has 1 nitrogen and oxygen atoms in total. The summed E-state index contributed by atoms with van der Waals surface area (Å²) in [4.78, 5) is 0. The quantitative estimate of drug-likeness (QED) is 0.900. The zero-order chi connectivity index (χ0) is 13.8. The minimum absolute atomic E-state index is 0.291. The fourth-order valence-electron chi connectivity index (χ4n) is 2.13. The van der Waals surface area contributed by atoms with Crippen molar-refractivity contribution in [3.8, 4) is 0 Å². The number of halogens is 2. The lowest BCUT2D eigenvalue weighted by Gasteiger charge is -2.13. The molecule has 0 saturated heterocycles. The van der Waals surface area contributed by atoms with E-state index in [2.05, 4.69) is 15.9 Å². The summed E-state index contributed by atoms with van der Waals surface area (Å²) in [5.41, 5.74) is 3.09. The Morgan fingerprint density at radius 1 is 1.05 bits per heavy atom. The predicted octanol–water partition coefficient (Wildman–Crippen LogP) is 4.04. The zero-order valence-corrected chi connectivity index (χ0v) is 12.3. The molecule has 2 rings (SSSR count). The SMILES string of the molecule is Cc1ccccc1CC(O)Cc1cccc(F)c1Br. The second-order valence-electron chi connectivity index (χ2n) is 4.70. The molecule has 0 heterocycles. The molecule has 19 heavy (non-hydrogen) atoms. The molecule has 2 aromatic rings. The van der Waals surface area contributed by atoms with E-state index in [0.29, 0.717) is 17.3 Å². The molecule has 0 saturated carbocycles. The average molecular weight is 323 g/mol. The third-order valence-electron chi connectivity index (χ3n) is 3.20. The van der Waals surface area contributed by atoms with E-state index in [1.165, 1.54) is 11.6 Å². The molecule has 1 unspecified atom stereocenters. The average Bonchev–Trinajstić information content (AvgIpc) is 2.38. The lowest BCUT2D eigenvalue weighted by atomic mass is 9.98. The zero-order valence-electron chi connectivity index (χ0n) is 10.7. The van der Waals surface area contributed by atoms with E-state index >= 15 is 0 Å². The van der Waals surface area contributed by atoms with Crippen molar-refractivity contribution in [2.24, 2.45) is 0 Å². The number of benzene rings is 2. The summed E-state index contributed by atoms with van der Waals surface area (Å²) < 4.78 is 13.8. The Kier molecular flexibility index (Phi) is 4.72. The second-order valence-corrected chi connectivity index (χ2v) is 5.49. The fourth-order valence-corrected chi connectivity index (χ4v) is 2.55. The third-order valence-corrected chi connectivity index (χ3v) is 4.09. The normalized spacial score (nSPS) is 12.4. The highest BCUT2D eigenvalue weighted by molar-refractivity contribution is 9.10. The van der Waals surface area contributed by atoms with E-state index in [0.717, 1.165) is 11.1 Å². The van der Waals surface area contributed by atoms with Gasteiger partial charge in [-0.1, -0.05) is 36.4 Å². The Balaban J connectivity index is 2.08. The Morgan fingerprint density at radius 3 is 2.42 bits per heavy atom. The Bertz CT molecular complexity index is 568. The first kappa shape index (κ1) is 14.2. The molecule has 0 fully saturated rings. The van der Waals surface area contributed by atoms with Gasteiger partial charge in [0.15, 0.2) is 0 Å². The minimum atomic E-state index is -0.515. The van der Waals surface area contributed by atoms with Crippen LogP contribution in [0.4, 0.5) is 4.39 Å². The number of rotatable bonds is 4. The highest BCUT2D eigenvalue weighted by Gasteiger charge is 2.12. The molecule has 2 aromatic carbocycles. The molecule has 0 aliphatic rings. The van der Waals surface area contributed by atoms with Crippen LogP contribution in [0.1, 0.15) is 16.7 Å². The van der Waals surface area contributed by atoms with Gasteiger partial charge < -0.3 is 5.11 Å². The molecule has 3 heteroatoms. The number of aliphatic hydroxyl groups excluding tert-OH is 1. The van der Waals surface area contributed by atoms with Crippen LogP contribution < -0.4 is 0 Å². The molecular formula is C16H16BrFO. The highest BCUT2D eigenvalue weighted by atomic mass is 79.9. The summed E-state index contributed by atoms with van der Waals surface area (Å²) in [5.74, 6) is -0.291. The van der Waals surface area contributed by atoms with Crippen LogP contribution in [-0.4, -0.2) is 11.2 Å². The summed E-state index contributed by atoms with van der Waals surface area (Å²) >= 11 is 3.22. The Labute approximate surface area is 121 Å². The standard InChI is InChI=1S/C16H16BrFO/c1-11-5-2-3-6-12(11)9-14(19)10-13-7-4-8-15(18)16(13)17/h2-8,14,19H,9-10H2,1H3. The monoisotopic (exact) mass is 322 g/mol. The van der Waals surface area contributed by atoms with Crippen molar-refractivity contribution in [2.75, 3.05) is 0 Å². The molecule has 0 aliphatic carbocycles. The topological polar surface area (TPSA) is 20.2 Å². The highest BCUT2D eigenvalue weighted by Crippen LogP contribution is 2.22. The molecule has 0 amide bonds. The van der Waals surface area contributed by atoms with Crippen molar-refractivity contribution in [3.63, 3.8) is 0 Å². The van der Waals surface area contributed by atoms with E-state index in [1.807, 2.05) is 37.3 Å². The summed E-state index contributed by atoms with van der Waals surface area (Å²) in [6.07, 6.45) is 0.502. The van der Waals surface area contributed by atoms with Crippen LogP contribution in [-0.2, 0) is 12.8 Å². The maximum Gasteiger partial charge on any atom is 0.137 e. The van der Waals surface area contributed by atoms with Gasteiger partial charge in [-0.05, 0) is 58.5 Å². The van der Waals surface area contributed by atoms with Crippen molar-refractivity contribution in [1.82, 2.24) is 0 Å². The van der Waals surface area contributed by atoms with Gasteiger partial charge in [0.1, 0.15) is 5.82 Å². The third kappa shape index (κ3) is 3.64. The molecule has 0 aromatic heterocycles. The van der Waals surface area contributed by atoms with Crippen LogP contribution in [0.5, 0.6) is 0 Å². The molecule has 1 atom stereocenters. The number of aliphatic hydroxyl groups is 1. The number of hydrogen-bond donors (Lipinski definition) is 1. The van der Waals surface area contributed by atoms with Gasteiger partial charge in [-0.2, -0.15) is 0 Å². The van der Waals surface area contributed by atoms with Gasteiger partial charge in [0.05, 0.1) is 10.6 Å². The molecule has 100 valence electrons. The molecule has 0 radical (unpaired) electrons. The van der Waals surface area contributed by atoms with Crippen LogP contribution >= 0.6 is 15.9 Å². The largest absolute Gasteiger partial charge is 0.392 e. The predicted molar refractivity (Wildman–Crippen MR) is 78.7 cm³/mol. The lowest BCUT2D eigenvalue weighted by Crippen LogP contribution is -2.15. The molecule has 0 bridgehead atoms. The van der Waals surface area contributed by atoms with E-state index in [4.69, 9.17) is 0 Å². The van der Waals surface area contributed by atoms with Gasteiger partial charge >= 0.3 is 0 Å². The number of aryl methyl sites for hydroxylation is 1. The second kappa shape index (κ2) is 6.31. The van der Waals surface area contributed by atoms with E-state index in [9.17, 15) is 9.50 Å². The van der Waals surface area contributed by atoms with Gasteiger partial charge in [-0.25, -0.2) is 4.39 Å². The fraction of sp³-hybridized carbons (Fsp3) is 0.250. The van der Waals surface area contributed by atoms with Gasteiger partial charge in [0.2, 0.25) is 0 Å². The van der Waals surface area contributed by atoms with Crippen LogP contribution in [0.25, 0.3) is 0 Å². The smallest absolute Gasteiger partial charge is 0.137 e. The first-order valence-electron chi connectivity index (χ1n) is 6.23. The molecular weight excluding hydrogens is 307 g/mol. The van der Waals surface area contributed by atoms with Gasteiger partial charge in [0.25, 0.3) is 0 Å². The molecule has 0 spiro atoms. The maximum absolute atomic E-state index is 13.4. The number of hydrogen-bond acceptors (Lipinski definition) is 1. The first-order valence-corrected chi connectivity index (χ1v) is 7.02. The van der Waals surface area contributed by atoms with Crippen LogP contribution in [0.3, 0.4) is 0 Å². The minimum Gasteiger partial charge on any atom is -0.392 e. The van der Waals surface area contributed by atoms with Gasteiger partial charge in [0, 0.05) is 0 Å². The Hall–Kier alpha value is -1.19. The maximum atomic E-state index is 13.4. The Morgan fingerprint density at radius 2 is 1.68 bits per heavy atom. The van der Waals surface area contributed by atoms with Crippen molar-refractivity contribution in [3.05, 3.63) is 69.4 Å². The van der Waals surface area contributed by atoms with Crippen molar-refractivity contribution in [1.29, 1.82) is 0 Å². The van der Waals surface area contributed by atoms with Gasteiger partial charge in [-0.15, -0.1) is 0 Å². The lowest BCUT2D eigenvalue weighted by molar-refractivity contribution is 0.175. The van der Waals surface area contributed by atoms with Gasteiger partial charge in [-0.3, -0.25) is 0 Å². The van der Waals surface area contributed by atoms with E-state index in [-0.39, 0.29) is 5.82 Å². The molecule has 1 N–H and O–H groups in total. The summed E-state index contributed by atoms with van der Waals surface area (Å²) in [6.45, 7) is 2.03. The van der Waals surface area contributed by atoms with Crippen LogP contribution in [0, 0.1) is 12.7 Å². The van der Waals surface area contributed by atoms with Crippen LogP contribution in [0.2, 0.25) is 0 Å². The van der Waals surface area contributed by atoms with Crippen molar-refractivity contribution >= 4 is 15.9 Å². The summed E-state index contributed by atoms with van der Waals surface area (Å²) in [6, 6.07) is 12.9.